The summed E-state index contributed by atoms with van der Waals surface area (Å²) < 4.78 is 0. The molecule has 1 aliphatic rings. The lowest BCUT2D eigenvalue weighted by Crippen LogP contribution is -2.33. The van der Waals surface area contributed by atoms with Crippen LogP contribution in [-0.2, 0) is 6.54 Å². The summed E-state index contributed by atoms with van der Waals surface area (Å²) >= 11 is 0. The van der Waals surface area contributed by atoms with Crippen molar-refractivity contribution in [3.63, 3.8) is 0 Å². The largest absolute Gasteiger partial charge is 0.322 e. The minimum atomic E-state index is 0.0230. The molecule has 0 spiro atoms. The van der Waals surface area contributed by atoms with Crippen LogP contribution in [0.5, 0.6) is 0 Å². The van der Waals surface area contributed by atoms with Gasteiger partial charge in [0.1, 0.15) is 0 Å². The monoisotopic (exact) mass is 270 g/mol. The molecule has 0 amide bonds. The first kappa shape index (κ1) is 13.4. The van der Waals surface area contributed by atoms with E-state index in [9.17, 15) is 4.79 Å². The molecular weight excluding hydrogens is 248 g/mol. The highest BCUT2D eigenvalue weighted by Gasteiger charge is 2.21. The maximum Gasteiger partial charge on any atom is 0.252 e. The molecule has 106 valence electrons. The third-order valence-electron chi connectivity index (χ3n) is 4.55. The van der Waals surface area contributed by atoms with E-state index in [-0.39, 0.29) is 5.56 Å². The van der Waals surface area contributed by atoms with Crippen LogP contribution in [0, 0.1) is 5.92 Å². The lowest BCUT2D eigenvalue weighted by molar-refractivity contribution is 0.380. The van der Waals surface area contributed by atoms with Gasteiger partial charge in [-0.2, -0.15) is 0 Å². The Morgan fingerprint density at radius 1 is 1.30 bits per heavy atom. The molecule has 1 aliphatic carbocycles. The Bertz CT molecular complexity index is 641. The number of para-hydroxylation sites is 1. The van der Waals surface area contributed by atoms with Gasteiger partial charge in [-0.25, -0.2) is 0 Å². The van der Waals surface area contributed by atoms with Crippen LogP contribution in [0.4, 0.5) is 0 Å². The Hall–Kier alpha value is -1.61. The van der Waals surface area contributed by atoms with Gasteiger partial charge in [0.25, 0.3) is 5.56 Å². The van der Waals surface area contributed by atoms with Crippen molar-refractivity contribution >= 4 is 10.9 Å². The zero-order valence-corrected chi connectivity index (χ0v) is 12.0. The molecule has 0 aliphatic heterocycles. The number of H-pyrrole nitrogens is 1. The number of rotatable bonds is 4. The van der Waals surface area contributed by atoms with Crippen molar-refractivity contribution in [2.24, 2.45) is 5.92 Å². The molecule has 1 atom stereocenters. The summed E-state index contributed by atoms with van der Waals surface area (Å²) in [5.41, 5.74) is 1.76. The van der Waals surface area contributed by atoms with Crippen LogP contribution in [0.2, 0.25) is 0 Å². The molecule has 3 heteroatoms. The topological polar surface area (TPSA) is 44.9 Å². The zero-order valence-electron chi connectivity index (χ0n) is 12.0. The molecule has 1 aromatic carbocycles. The van der Waals surface area contributed by atoms with Gasteiger partial charge in [-0.15, -0.1) is 0 Å². The lowest BCUT2D eigenvalue weighted by Gasteiger charge is -2.20. The van der Waals surface area contributed by atoms with E-state index in [0.29, 0.717) is 12.6 Å². The van der Waals surface area contributed by atoms with E-state index in [1.807, 2.05) is 30.3 Å². The number of nitrogens with one attached hydrogen (secondary N) is 2. The van der Waals surface area contributed by atoms with Gasteiger partial charge < -0.3 is 10.3 Å². The molecule has 3 rings (SSSR count). The van der Waals surface area contributed by atoms with Crippen molar-refractivity contribution in [3.05, 3.63) is 46.2 Å². The first-order chi connectivity index (χ1) is 9.74. The average molecular weight is 270 g/mol. The number of aromatic nitrogens is 1. The van der Waals surface area contributed by atoms with Crippen LogP contribution in [0.1, 0.15) is 38.2 Å². The second-order valence-corrected chi connectivity index (χ2v) is 5.93. The van der Waals surface area contributed by atoms with E-state index in [1.165, 1.54) is 25.7 Å². The molecule has 0 bridgehead atoms. The van der Waals surface area contributed by atoms with Gasteiger partial charge in [0, 0.05) is 23.7 Å². The van der Waals surface area contributed by atoms with Gasteiger partial charge in [-0.05, 0) is 43.2 Å². The molecule has 1 saturated carbocycles. The molecule has 0 saturated heterocycles. The molecular formula is C17H22N2O. The fourth-order valence-corrected chi connectivity index (χ4v) is 3.22. The zero-order chi connectivity index (χ0) is 13.9. The van der Waals surface area contributed by atoms with E-state index in [0.717, 1.165) is 22.4 Å². The molecule has 2 aromatic rings. The fourth-order valence-electron chi connectivity index (χ4n) is 3.22. The summed E-state index contributed by atoms with van der Waals surface area (Å²) in [6, 6.07) is 10.4. The van der Waals surface area contributed by atoms with Crippen LogP contribution >= 0.6 is 0 Å². The van der Waals surface area contributed by atoms with Crippen LogP contribution in [-0.4, -0.2) is 11.0 Å². The standard InChI is InChI=1S/C17H22N2O/c1-12(13-6-2-3-7-13)18-11-15-10-14-8-4-5-9-16(14)19-17(15)20/h4-5,8-10,12-13,18H,2-3,6-7,11H2,1H3,(H,19,20). The van der Waals surface area contributed by atoms with Crippen molar-refractivity contribution in [2.75, 3.05) is 0 Å². The number of aromatic amines is 1. The van der Waals surface area contributed by atoms with Gasteiger partial charge in [0.15, 0.2) is 0 Å². The quantitative estimate of drug-likeness (QED) is 0.896. The van der Waals surface area contributed by atoms with E-state index >= 15 is 0 Å². The molecule has 1 aromatic heterocycles. The third-order valence-corrected chi connectivity index (χ3v) is 4.55. The SMILES string of the molecule is CC(NCc1cc2ccccc2[nH]c1=O)C1CCCC1. The van der Waals surface area contributed by atoms with Crippen LogP contribution < -0.4 is 10.9 Å². The summed E-state index contributed by atoms with van der Waals surface area (Å²) in [7, 11) is 0. The van der Waals surface area contributed by atoms with Crippen molar-refractivity contribution < 1.29 is 0 Å². The normalized spacial score (nSPS) is 17.6. The van der Waals surface area contributed by atoms with E-state index in [4.69, 9.17) is 0 Å². The van der Waals surface area contributed by atoms with Gasteiger partial charge >= 0.3 is 0 Å². The number of hydrogen-bond acceptors (Lipinski definition) is 2. The fraction of sp³-hybridized carbons (Fsp3) is 0.471. The van der Waals surface area contributed by atoms with Gasteiger partial charge in [-0.3, -0.25) is 4.79 Å². The Morgan fingerprint density at radius 3 is 2.85 bits per heavy atom. The van der Waals surface area contributed by atoms with E-state index in [2.05, 4.69) is 17.2 Å². The molecule has 1 fully saturated rings. The van der Waals surface area contributed by atoms with Gasteiger partial charge in [0.05, 0.1) is 0 Å². The van der Waals surface area contributed by atoms with Crippen LogP contribution in [0.3, 0.4) is 0 Å². The summed E-state index contributed by atoms with van der Waals surface area (Å²) in [6.45, 7) is 2.89. The molecule has 1 heterocycles. The van der Waals surface area contributed by atoms with Crippen LogP contribution in [0.25, 0.3) is 10.9 Å². The summed E-state index contributed by atoms with van der Waals surface area (Å²) in [5.74, 6) is 0.773. The third kappa shape index (κ3) is 2.78. The Kier molecular flexibility index (Phi) is 3.88. The van der Waals surface area contributed by atoms with E-state index in [1.54, 1.807) is 0 Å². The smallest absolute Gasteiger partial charge is 0.252 e. The molecule has 20 heavy (non-hydrogen) atoms. The molecule has 2 N–H and O–H groups in total. The highest BCUT2D eigenvalue weighted by Crippen LogP contribution is 2.27. The average Bonchev–Trinajstić information content (AvgIpc) is 2.99. The van der Waals surface area contributed by atoms with E-state index < -0.39 is 0 Å². The predicted octanol–water partition coefficient (Wildman–Crippen LogP) is 3.20. The number of hydrogen-bond donors (Lipinski definition) is 2. The van der Waals surface area contributed by atoms with Crippen LogP contribution in [0.15, 0.2) is 35.1 Å². The summed E-state index contributed by atoms with van der Waals surface area (Å²) in [4.78, 5) is 15.0. The van der Waals surface area contributed by atoms with Gasteiger partial charge in [0.2, 0.25) is 0 Å². The first-order valence-corrected chi connectivity index (χ1v) is 7.58. The highest BCUT2D eigenvalue weighted by atomic mass is 16.1. The van der Waals surface area contributed by atoms with Crippen molar-refractivity contribution in [3.8, 4) is 0 Å². The summed E-state index contributed by atoms with van der Waals surface area (Å²) in [5, 5.41) is 4.62. The van der Waals surface area contributed by atoms with Crippen molar-refractivity contribution in [1.82, 2.24) is 10.3 Å². The molecule has 0 radical (unpaired) electrons. The number of pyridine rings is 1. The Balaban J connectivity index is 1.73. The van der Waals surface area contributed by atoms with Crippen molar-refractivity contribution in [1.29, 1.82) is 0 Å². The maximum absolute atomic E-state index is 12.1. The Labute approximate surface area is 119 Å². The molecule has 1 unspecified atom stereocenters. The lowest BCUT2D eigenvalue weighted by atomic mass is 9.99. The predicted molar refractivity (Wildman–Crippen MR) is 82.8 cm³/mol. The van der Waals surface area contributed by atoms with Crippen molar-refractivity contribution in [2.45, 2.75) is 45.2 Å². The highest BCUT2D eigenvalue weighted by molar-refractivity contribution is 5.78. The molecule has 3 nitrogen and oxygen atoms in total. The Morgan fingerprint density at radius 2 is 2.05 bits per heavy atom. The second kappa shape index (κ2) is 5.80. The number of fused-ring (bicyclic) bond motifs is 1. The first-order valence-electron chi connectivity index (χ1n) is 7.58. The second-order valence-electron chi connectivity index (χ2n) is 5.93. The maximum atomic E-state index is 12.1. The number of benzene rings is 1. The van der Waals surface area contributed by atoms with Gasteiger partial charge in [-0.1, -0.05) is 31.0 Å². The summed E-state index contributed by atoms with van der Waals surface area (Å²) in [6.07, 6.45) is 5.35. The minimum Gasteiger partial charge on any atom is -0.322 e. The minimum absolute atomic E-state index is 0.0230.